The fourth-order valence-corrected chi connectivity index (χ4v) is 2.50. The molecule has 0 saturated heterocycles. The van der Waals surface area contributed by atoms with E-state index in [9.17, 15) is 9.59 Å². The Balaban J connectivity index is 1.66. The van der Waals surface area contributed by atoms with Crippen LogP contribution in [0.25, 0.3) is 6.08 Å². The zero-order valence-corrected chi connectivity index (χ0v) is 15.7. The molecular weight excluding hydrogens is 352 g/mol. The summed E-state index contributed by atoms with van der Waals surface area (Å²) < 4.78 is 5.76. The normalized spacial score (nSPS) is 10.6. The van der Waals surface area contributed by atoms with Gasteiger partial charge < -0.3 is 10.1 Å². The van der Waals surface area contributed by atoms with Gasteiger partial charge in [0.15, 0.2) is 5.78 Å². The number of allylic oxidation sites excluding steroid dienone is 1. The first-order valence-corrected chi connectivity index (χ1v) is 8.80. The first-order valence-electron chi connectivity index (χ1n) is 8.80. The Labute approximate surface area is 163 Å². The van der Waals surface area contributed by atoms with E-state index in [4.69, 9.17) is 4.74 Å². The Morgan fingerprint density at radius 2 is 1.68 bits per heavy atom. The third kappa shape index (κ3) is 4.92. The second-order valence-corrected chi connectivity index (χ2v) is 6.19. The number of benzene rings is 2. The summed E-state index contributed by atoms with van der Waals surface area (Å²) in [5.41, 5.74) is 2.95. The first kappa shape index (κ1) is 19.0. The predicted molar refractivity (Wildman–Crippen MR) is 109 cm³/mol. The molecule has 0 fully saturated rings. The van der Waals surface area contributed by atoms with E-state index in [-0.39, 0.29) is 17.4 Å². The highest BCUT2D eigenvalue weighted by molar-refractivity contribution is 6.06. The molecule has 3 rings (SSSR count). The number of carbonyl (C=O) groups is 2. The molecule has 5 nitrogen and oxygen atoms in total. The number of rotatable bonds is 6. The van der Waals surface area contributed by atoms with Crippen molar-refractivity contribution in [3.05, 3.63) is 95.3 Å². The predicted octanol–water partition coefficient (Wildman–Crippen LogP) is 4.44. The number of hydrogen-bond donors (Lipinski definition) is 1. The number of nitrogens with zero attached hydrogens (tertiary/aromatic N) is 1. The number of ketones is 1. The van der Waals surface area contributed by atoms with E-state index in [1.54, 1.807) is 43.5 Å². The SMILES string of the molecule is CNC(=O)c1cc(Oc2ccc(/C=C/C(=O)c3ccc(C)cc3)cc2)ccn1. The number of pyridine rings is 1. The summed E-state index contributed by atoms with van der Waals surface area (Å²) in [4.78, 5) is 27.8. The van der Waals surface area contributed by atoms with Gasteiger partial charge in [-0.15, -0.1) is 0 Å². The largest absolute Gasteiger partial charge is 0.457 e. The molecule has 0 aliphatic heterocycles. The molecule has 1 amide bonds. The lowest BCUT2D eigenvalue weighted by molar-refractivity contribution is 0.0957. The summed E-state index contributed by atoms with van der Waals surface area (Å²) in [6.45, 7) is 1.99. The van der Waals surface area contributed by atoms with Crippen LogP contribution in [0.1, 0.15) is 32.0 Å². The van der Waals surface area contributed by atoms with Gasteiger partial charge in [0, 0.05) is 24.9 Å². The number of aryl methyl sites for hydroxylation is 1. The van der Waals surface area contributed by atoms with Gasteiger partial charge in [-0.25, -0.2) is 0 Å². The minimum absolute atomic E-state index is 0.0427. The minimum Gasteiger partial charge on any atom is -0.457 e. The van der Waals surface area contributed by atoms with Gasteiger partial charge >= 0.3 is 0 Å². The zero-order valence-electron chi connectivity index (χ0n) is 15.7. The van der Waals surface area contributed by atoms with Crippen molar-refractivity contribution < 1.29 is 14.3 Å². The molecule has 3 aromatic rings. The fourth-order valence-electron chi connectivity index (χ4n) is 2.50. The van der Waals surface area contributed by atoms with Gasteiger partial charge in [0.25, 0.3) is 5.91 Å². The maximum atomic E-state index is 12.2. The van der Waals surface area contributed by atoms with Crippen molar-refractivity contribution in [2.45, 2.75) is 6.92 Å². The Morgan fingerprint density at radius 3 is 2.36 bits per heavy atom. The van der Waals surface area contributed by atoms with Gasteiger partial charge in [-0.2, -0.15) is 0 Å². The number of ether oxygens (including phenoxy) is 1. The lowest BCUT2D eigenvalue weighted by atomic mass is 10.1. The molecule has 28 heavy (non-hydrogen) atoms. The van der Waals surface area contributed by atoms with Crippen molar-refractivity contribution in [1.82, 2.24) is 10.3 Å². The van der Waals surface area contributed by atoms with Crippen molar-refractivity contribution >= 4 is 17.8 Å². The van der Waals surface area contributed by atoms with Crippen LogP contribution in [0.15, 0.2) is 72.9 Å². The van der Waals surface area contributed by atoms with Crippen molar-refractivity contribution in [3.63, 3.8) is 0 Å². The van der Waals surface area contributed by atoms with E-state index in [1.807, 2.05) is 43.3 Å². The maximum absolute atomic E-state index is 12.2. The van der Waals surface area contributed by atoms with E-state index in [0.29, 0.717) is 17.1 Å². The number of aromatic nitrogens is 1. The van der Waals surface area contributed by atoms with Crippen LogP contribution in [0.2, 0.25) is 0 Å². The molecule has 0 radical (unpaired) electrons. The summed E-state index contributed by atoms with van der Waals surface area (Å²) in [6, 6.07) is 18.1. The van der Waals surface area contributed by atoms with E-state index in [1.165, 1.54) is 6.20 Å². The molecule has 0 spiro atoms. The Hall–Kier alpha value is -3.73. The second-order valence-electron chi connectivity index (χ2n) is 6.19. The quantitative estimate of drug-likeness (QED) is 0.513. The van der Waals surface area contributed by atoms with E-state index >= 15 is 0 Å². The van der Waals surface area contributed by atoms with Crippen LogP contribution in [0.5, 0.6) is 11.5 Å². The van der Waals surface area contributed by atoms with E-state index < -0.39 is 0 Å². The summed E-state index contributed by atoms with van der Waals surface area (Å²) in [7, 11) is 1.55. The van der Waals surface area contributed by atoms with Gasteiger partial charge in [-0.3, -0.25) is 14.6 Å². The molecule has 0 bridgehead atoms. The van der Waals surface area contributed by atoms with Crippen molar-refractivity contribution in [3.8, 4) is 11.5 Å². The smallest absolute Gasteiger partial charge is 0.269 e. The monoisotopic (exact) mass is 372 g/mol. The molecule has 0 aliphatic rings. The molecule has 0 atom stereocenters. The molecule has 5 heteroatoms. The number of carbonyl (C=O) groups excluding carboxylic acids is 2. The average molecular weight is 372 g/mol. The average Bonchev–Trinajstić information content (AvgIpc) is 2.73. The maximum Gasteiger partial charge on any atom is 0.269 e. The highest BCUT2D eigenvalue weighted by atomic mass is 16.5. The molecule has 140 valence electrons. The highest BCUT2D eigenvalue weighted by Crippen LogP contribution is 2.22. The van der Waals surface area contributed by atoms with Gasteiger partial charge in [-0.05, 0) is 36.8 Å². The van der Waals surface area contributed by atoms with Crippen LogP contribution in [0.3, 0.4) is 0 Å². The van der Waals surface area contributed by atoms with Gasteiger partial charge in [-0.1, -0.05) is 48.0 Å². The van der Waals surface area contributed by atoms with Crippen LogP contribution < -0.4 is 10.1 Å². The van der Waals surface area contributed by atoms with Crippen molar-refractivity contribution in [2.24, 2.45) is 0 Å². The summed E-state index contributed by atoms with van der Waals surface area (Å²) in [5.74, 6) is 0.825. The highest BCUT2D eigenvalue weighted by Gasteiger charge is 2.07. The lowest BCUT2D eigenvalue weighted by Gasteiger charge is -2.07. The third-order valence-electron chi connectivity index (χ3n) is 4.07. The molecule has 1 N–H and O–H groups in total. The van der Waals surface area contributed by atoms with Gasteiger partial charge in [0.2, 0.25) is 0 Å². The van der Waals surface area contributed by atoms with Crippen LogP contribution >= 0.6 is 0 Å². The molecule has 1 aromatic heterocycles. The summed E-state index contributed by atoms with van der Waals surface area (Å²) >= 11 is 0. The molecule has 0 aliphatic carbocycles. The number of hydrogen-bond acceptors (Lipinski definition) is 4. The Bertz CT molecular complexity index is 1010. The van der Waals surface area contributed by atoms with Crippen LogP contribution in [-0.4, -0.2) is 23.7 Å². The van der Waals surface area contributed by atoms with Crippen LogP contribution in [-0.2, 0) is 0 Å². The summed E-state index contributed by atoms with van der Waals surface area (Å²) in [6.07, 6.45) is 4.84. The van der Waals surface area contributed by atoms with Crippen molar-refractivity contribution in [2.75, 3.05) is 7.05 Å². The Kier molecular flexibility index (Phi) is 5.97. The van der Waals surface area contributed by atoms with E-state index in [0.717, 1.165) is 11.1 Å². The minimum atomic E-state index is -0.274. The topological polar surface area (TPSA) is 68.3 Å². The molecule has 0 saturated carbocycles. The first-order chi connectivity index (χ1) is 13.5. The molecule has 2 aromatic carbocycles. The van der Waals surface area contributed by atoms with Gasteiger partial charge in [0.05, 0.1) is 0 Å². The second kappa shape index (κ2) is 8.77. The molecular formula is C23H20N2O3. The zero-order chi connectivity index (χ0) is 19.9. The standard InChI is InChI=1S/C23H20N2O3/c1-16-3-8-18(9-4-16)22(26)12-7-17-5-10-19(11-6-17)28-20-13-14-25-21(15-20)23(27)24-2/h3-15H,1-2H3,(H,24,27)/b12-7+. The fraction of sp³-hybridized carbons (Fsp3) is 0.0870. The molecule has 0 unspecified atom stereocenters. The Morgan fingerprint density at radius 1 is 0.964 bits per heavy atom. The van der Waals surface area contributed by atoms with Crippen LogP contribution in [0.4, 0.5) is 0 Å². The molecule has 1 heterocycles. The van der Waals surface area contributed by atoms with E-state index in [2.05, 4.69) is 10.3 Å². The van der Waals surface area contributed by atoms with Crippen molar-refractivity contribution in [1.29, 1.82) is 0 Å². The number of nitrogens with one attached hydrogen (secondary N) is 1. The third-order valence-corrected chi connectivity index (χ3v) is 4.07. The summed E-state index contributed by atoms with van der Waals surface area (Å²) in [5, 5.41) is 2.53. The number of amides is 1. The van der Waals surface area contributed by atoms with Crippen LogP contribution in [0, 0.1) is 6.92 Å². The van der Waals surface area contributed by atoms with Gasteiger partial charge in [0.1, 0.15) is 17.2 Å². The lowest BCUT2D eigenvalue weighted by Crippen LogP contribution is -2.18.